The van der Waals surface area contributed by atoms with E-state index in [4.69, 9.17) is 23.2 Å². The highest BCUT2D eigenvalue weighted by Crippen LogP contribution is 2.21. The molecule has 0 radical (unpaired) electrons. The average molecular weight is 410 g/mol. The summed E-state index contributed by atoms with van der Waals surface area (Å²) in [6, 6.07) is 8.82. The fourth-order valence-corrected chi connectivity index (χ4v) is 2.47. The molecule has 0 aliphatic heterocycles. The number of amides is 1. The van der Waals surface area contributed by atoms with Crippen LogP contribution in [0.3, 0.4) is 0 Å². The second-order valence-corrected chi connectivity index (χ2v) is 5.77. The van der Waals surface area contributed by atoms with E-state index in [1.165, 1.54) is 18.2 Å². The predicted molar refractivity (Wildman–Crippen MR) is 83.5 cm³/mol. The highest BCUT2D eigenvalue weighted by Gasteiger charge is 2.11. The zero-order valence-corrected chi connectivity index (χ0v) is 13.1. The standard InChI is InChI=1S/C13H7Cl2FINO/c14-7-1-2-12(17)11(5-7)13(19)18-10-4-8(15)3-9(16)6-10/h1-6H,(H,18,19). The topological polar surface area (TPSA) is 29.1 Å². The number of anilines is 1. The zero-order valence-electron chi connectivity index (χ0n) is 9.38. The van der Waals surface area contributed by atoms with Gasteiger partial charge in [-0.05, 0) is 59.0 Å². The predicted octanol–water partition coefficient (Wildman–Crippen LogP) is 4.99. The monoisotopic (exact) mass is 409 g/mol. The van der Waals surface area contributed by atoms with Crippen LogP contribution in [0.5, 0.6) is 0 Å². The Morgan fingerprint density at radius 3 is 2.53 bits per heavy atom. The molecule has 0 heterocycles. The Morgan fingerprint density at radius 1 is 1.11 bits per heavy atom. The van der Waals surface area contributed by atoms with Crippen molar-refractivity contribution in [1.29, 1.82) is 0 Å². The van der Waals surface area contributed by atoms with Gasteiger partial charge in [-0.25, -0.2) is 4.39 Å². The van der Waals surface area contributed by atoms with Crippen molar-refractivity contribution in [3.63, 3.8) is 0 Å². The van der Waals surface area contributed by atoms with E-state index in [0.717, 1.165) is 3.57 Å². The molecule has 0 atom stereocenters. The number of halogens is 4. The molecule has 0 spiro atoms. The zero-order chi connectivity index (χ0) is 14.0. The third kappa shape index (κ3) is 3.81. The Hall–Kier alpha value is -0.850. The Kier molecular flexibility index (Phi) is 4.65. The van der Waals surface area contributed by atoms with Gasteiger partial charge in [-0.3, -0.25) is 4.79 Å². The Balaban J connectivity index is 2.28. The summed E-state index contributed by atoms with van der Waals surface area (Å²) in [4.78, 5) is 12.1. The van der Waals surface area contributed by atoms with Gasteiger partial charge in [-0.15, -0.1) is 0 Å². The van der Waals surface area contributed by atoms with Gasteiger partial charge in [-0.2, -0.15) is 0 Å². The minimum absolute atomic E-state index is 0.219. The van der Waals surface area contributed by atoms with Crippen molar-refractivity contribution in [2.75, 3.05) is 5.32 Å². The Morgan fingerprint density at radius 2 is 1.84 bits per heavy atom. The van der Waals surface area contributed by atoms with Gasteiger partial charge in [0.2, 0.25) is 0 Å². The van der Waals surface area contributed by atoms with E-state index in [0.29, 0.717) is 16.3 Å². The third-order valence-corrected chi connectivity index (χ3v) is 3.69. The van der Waals surface area contributed by atoms with Gasteiger partial charge in [-0.1, -0.05) is 23.2 Å². The molecule has 2 aromatic rings. The largest absolute Gasteiger partial charge is 0.322 e. The van der Waals surface area contributed by atoms with Crippen LogP contribution in [0.4, 0.5) is 10.1 Å². The Labute approximate surface area is 133 Å². The molecule has 6 heteroatoms. The fourth-order valence-electron chi connectivity index (χ4n) is 1.50. The lowest BCUT2D eigenvalue weighted by Gasteiger charge is -2.08. The minimum Gasteiger partial charge on any atom is -0.322 e. The average Bonchev–Trinajstić information content (AvgIpc) is 2.30. The lowest BCUT2D eigenvalue weighted by atomic mass is 10.2. The van der Waals surface area contributed by atoms with E-state index >= 15 is 0 Å². The van der Waals surface area contributed by atoms with E-state index in [2.05, 4.69) is 5.32 Å². The number of nitrogens with one attached hydrogen (secondary N) is 1. The molecule has 2 rings (SSSR count). The smallest absolute Gasteiger partial charge is 0.256 e. The van der Waals surface area contributed by atoms with Gasteiger partial charge >= 0.3 is 0 Å². The number of hydrogen-bond acceptors (Lipinski definition) is 1. The Bertz CT molecular complexity index is 628. The number of carbonyl (C=O) groups excluding carboxylic acids is 1. The van der Waals surface area contributed by atoms with Gasteiger partial charge in [0, 0.05) is 19.3 Å². The molecule has 0 fully saturated rings. The van der Waals surface area contributed by atoms with E-state index in [-0.39, 0.29) is 10.9 Å². The summed E-state index contributed by atoms with van der Waals surface area (Å²) < 4.78 is 13.9. The number of carbonyl (C=O) groups is 1. The normalized spacial score (nSPS) is 10.3. The maximum atomic E-state index is 13.2. The first-order valence-corrected chi connectivity index (χ1v) is 7.01. The second kappa shape index (κ2) is 6.07. The van der Waals surface area contributed by atoms with Crippen LogP contribution in [0, 0.1) is 9.39 Å². The van der Waals surface area contributed by atoms with Crippen LogP contribution >= 0.6 is 45.8 Å². The molecule has 0 saturated heterocycles. The molecule has 0 unspecified atom stereocenters. The lowest BCUT2D eigenvalue weighted by Crippen LogP contribution is -2.13. The van der Waals surface area contributed by atoms with Crippen LogP contribution in [0.15, 0.2) is 36.4 Å². The van der Waals surface area contributed by atoms with E-state index in [1.54, 1.807) is 18.2 Å². The summed E-state index contributed by atoms with van der Waals surface area (Å²) in [7, 11) is 0. The summed E-state index contributed by atoms with van der Waals surface area (Å²) in [5.41, 5.74) is 0.722. The SMILES string of the molecule is O=C(Nc1cc(F)cc(Cl)c1)c1cc(Cl)ccc1I. The number of rotatable bonds is 2. The molecule has 0 saturated carbocycles. The van der Waals surface area contributed by atoms with Crippen LogP contribution in [0.1, 0.15) is 10.4 Å². The molecule has 0 aliphatic carbocycles. The van der Waals surface area contributed by atoms with Crippen molar-refractivity contribution in [3.8, 4) is 0 Å². The van der Waals surface area contributed by atoms with E-state index < -0.39 is 5.82 Å². The molecule has 1 N–H and O–H groups in total. The number of benzene rings is 2. The first kappa shape index (κ1) is 14.6. The highest BCUT2D eigenvalue weighted by atomic mass is 127. The molecule has 98 valence electrons. The van der Waals surface area contributed by atoms with Crippen LogP contribution < -0.4 is 5.32 Å². The van der Waals surface area contributed by atoms with Gasteiger partial charge in [0.05, 0.1) is 5.56 Å². The second-order valence-electron chi connectivity index (χ2n) is 3.74. The first-order valence-electron chi connectivity index (χ1n) is 5.18. The van der Waals surface area contributed by atoms with E-state index in [1.807, 2.05) is 22.6 Å². The maximum absolute atomic E-state index is 13.2. The van der Waals surface area contributed by atoms with Crippen molar-refractivity contribution < 1.29 is 9.18 Å². The number of hydrogen-bond donors (Lipinski definition) is 1. The van der Waals surface area contributed by atoms with Gasteiger partial charge in [0.1, 0.15) is 5.82 Å². The molecule has 0 aromatic heterocycles. The summed E-state index contributed by atoms with van der Waals surface area (Å²) in [5.74, 6) is -0.878. The summed E-state index contributed by atoms with van der Waals surface area (Å²) in [5, 5.41) is 3.26. The van der Waals surface area contributed by atoms with Crippen molar-refractivity contribution in [2.45, 2.75) is 0 Å². The molecule has 0 bridgehead atoms. The van der Waals surface area contributed by atoms with Gasteiger partial charge in [0.15, 0.2) is 0 Å². The molecule has 2 nitrogen and oxygen atoms in total. The van der Waals surface area contributed by atoms with E-state index in [9.17, 15) is 9.18 Å². The first-order chi connectivity index (χ1) is 8.95. The summed E-state index contributed by atoms with van der Waals surface area (Å²) >= 11 is 13.6. The fraction of sp³-hybridized carbons (Fsp3) is 0. The van der Waals surface area contributed by atoms with Gasteiger partial charge in [0.25, 0.3) is 5.91 Å². The molecule has 2 aromatic carbocycles. The maximum Gasteiger partial charge on any atom is 0.256 e. The summed E-state index contributed by atoms with van der Waals surface area (Å²) in [6.07, 6.45) is 0. The molecule has 1 amide bonds. The van der Waals surface area contributed by atoms with Crippen LogP contribution in [-0.4, -0.2) is 5.91 Å². The van der Waals surface area contributed by atoms with Gasteiger partial charge < -0.3 is 5.32 Å². The van der Waals surface area contributed by atoms with Crippen molar-refractivity contribution >= 4 is 57.4 Å². The van der Waals surface area contributed by atoms with Crippen LogP contribution in [-0.2, 0) is 0 Å². The lowest BCUT2D eigenvalue weighted by molar-refractivity contribution is 0.102. The van der Waals surface area contributed by atoms with Crippen molar-refractivity contribution in [3.05, 3.63) is 61.4 Å². The molecular formula is C13H7Cl2FINO. The van der Waals surface area contributed by atoms with Crippen molar-refractivity contribution in [1.82, 2.24) is 0 Å². The van der Waals surface area contributed by atoms with Crippen LogP contribution in [0.2, 0.25) is 10.0 Å². The highest BCUT2D eigenvalue weighted by molar-refractivity contribution is 14.1. The summed E-state index contributed by atoms with van der Waals surface area (Å²) in [6.45, 7) is 0. The third-order valence-electron chi connectivity index (χ3n) is 2.29. The molecular weight excluding hydrogens is 403 g/mol. The quantitative estimate of drug-likeness (QED) is 0.695. The molecule has 0 aliphatic rings. The molecule has 19 heavy (non-hydrogen) atoms. The van der Waals surface area contributed by atoms with Crippen molar-refractivity contribution in [2.24, 2.45) is 0 Å². The minimum atomic E-state index is -0.511. The van der Waals surface area contributed by atoms with Crippen LogP contribution in [0.25, 0.3) is 0 Å².